The molecule has 0 aliphatic carbocycles. The van der Waals surface area contributed by atoms with Crippen molar-refractivity contribution in [3.63, 3.8) is 0 Å². The molecule has 2 aromatic rings. The Morgan fingerprint density at radius 1 is 0.769 bits per heavy atom. The number of hydrogen-bond donors (Lipinski definition) is 0. The summed E-state index contributed by atoms with van der Waals surface area (Å²) in [6, 6.07) is 13.8. The maximum atomic E-state index is 12.6. The van der Waals surface area contributed by atoms with Gasteiger partial charge in [-0.3, -0.25) is 4.79 Å². The van der Waals surface area contributed by atoms with Crippen molar-refractivity contribution in [3.05, 3.63) is 84.7 Å². The van der Waals surface area contributed by atoms with E-state index in [1.165, 1.54) is 0 Å². The van der Waals surface area contributed by atoms with E-state index in [1.54, 1.807) is 4.90 Å². The molecule has 0 aromatic heterocycles. The summed E-state index contributed by atoms with van der Waals surface area (Å²) in [7, 11) is 1.84. The number of carbonyl (C=O) groups excluding carboxylic acids is 1. The summed E-state index contributed by atoms with van der Waals surface area (Å²) in [5.74, 6) is 0.0375. The van der Waals surface area contributed by atoms with E-state index < -0.39 is 0 Å². The number of anilines is 1. The molecular weight excluding hydrogens is 370 g/mol. The van der Waals surface area contributed by atoms with Gasteiger partial charge >= 0.3 is 33.9 Å². The van der Waals surface area contributed by atoms with Crippen LogP contribution < -0.4 is 4.90 Å². The second kappa shape index (κ2) is 16.1. The van der Waals surface area contributed by atoms with Crippen molar-refractivity contribution >= 4 is 11.6 Å². The molecule has 0 heterocycles. The van der Waals surface area contributed by atoms with Gasteiger partial charge in [0.25, 0.3) is 5.91 Å². The first-order valence-corrected chi connectivity index (χ1v) is 7.03. The molecule has 0 radical (unpaired) electrons. The molecule has 0 bridgehead atoms. The minimum atomic E-state index is 0. The maximum absolute atomic E-state index is 12.6. The smallest absolute Gasteiger partial charge is 0 e. The van der Waals surface area contributed by atoms with Gasteiger partial charge in [-0.1, -0.05) is 36.4 Å². The predicted molar refractivity (Wildman–Crippen MR) is 91.6 cm³/mol. The van der Waals surface area contributed by atoms with Gasteiger partial charge in [-0.2, -0.15) is 0 Å². The molecule has 0 fully saturated rings. The molecular formula is C20H19CrNO4. The molecule has 0 aliphatic heterocycles. The molecule has 134 valence electrons. The van der Waals surface area contributed by atoms with E-state index in [4.69, 9.17) is 14.0 Å². The third-order valence-corrected chi connectivity index (χ3v) is 3.46. The normalized spacial score (nSPS) is 7.77. The minimum Gasteiger partial charge on any atom is 0 e. The third-order valence-electron chi connectivity index (χ3n) is 3.46. The molecule has 26 heavy (non-hydrogen) atoms. The molecule has 0 unspecified atom stereocenters. The van der Waals surface area contributed by atoms with Gasteiger partial charge in [-0.25, -0.2) is 0 Å². The van der Waals surface area contributed by atoms with Gasteiger partial charge in [-0.15, -0.1) is 0 Å². The zero-order valence-corrected chi connectivity index (χ0v) is 16.3. The van der Waals surface area contributed by atoms with Crippen LogP contribution in [-0.2, 0) is 31.3 Å². The van der Waals surface area contributed by atoms with E-state index in [1.807, 2.05) is 70.3 Å². The molecule has 0 aliphatic rings. The van der Waals surface area contributed by atoms with Gasteiger partial charge in [0, 0.05) is 35.7 Å². The first-order valence-electron chi connectivity index (χ1n) is 7.03. The molecule has 5 nitrogen and oxygen atoms in total. The minimum absolute atomic E-state index is 0. The Kier molecular flexibility index (Phi) is 17.7. The number of benzene rings is 2. The Hall–Kier alpha value is -2.34. The van der Waals surface area contributed by atoms with E-state index >= 15 is 0 Å². The number of para-hydroxylation sites is 1. The summed E-state index contributed by atoms with van der Waals surface area (Å²) in [5, 5.41) is 0. The Labute approximate surface area is 165 Å². The molecule has 6 heteroatoms. The second-order valence-electron chi connectivity index (χ2n) is 4.92. The zero-order chi connectivity index (χ0) is 20.0. The molecule has 0 N–H and O–H groups in total. The van der Waals surface area contributed by atoms with Crippen LogP contribution in [0.4, 0.5) is 5.69 Å². The summed E-state index contributed by atoms with van der Waals surface area (Å²) in [6.07, 6.45) is 0. The van der Waals surface area contributed by atoms with Crippen molar-refractivity contribution in [1.82, 2.24) is 0 Å². The van der Waals surface area contributed by atoms with Crippen molar-refractivity contribution in [3.8, 4) is 0 Å². The fourth-order valence-electron chi connectivity index (χ4n) is 2.43. The fourth-order valence-corrected chi connectivity index (χ4v) is 2.43. The van der Waals surface area contributed by atoms with Crippen LogP contribution in [-0.4, -0.2) is 13.0 Å². The van der Waals surface area contributed by atoms with Crippen LogP contribution in [0, 0.1) is 40.7 Å². The number of rotatable bonds is 2. The van der Waals surface area contributed by atoms with Crippen molar-refractivity contribution < 1.29 is 36.1 Å². The molecule has 0 spiro atoms. The van der Waals surface area contributed by atoms with Crippen LogP contribution in [0.3, 0.4) is 0 Å². The molecule has 0 atom stereocenters. The summed E-state index contributed by atoms with van der Waals surface area (Å²) in [6.45, 7) is 19.5. The average molecular weight is 389 g/mol. The van der Waals surface area contributed by atoms with E-state index in [0.29, 0.717) is 0 Å². The van der Waals surface area contributed by atoms with Crippen molar-refractivity contribution in [1.29, 1.82) is 0 Å². The zero-order valence-electron chi connectivity index (χ0n) is 15.0. The van der Waals surface area contributed by atoms with Crippen LogP contribution in [0.15, 0.2) is 42.5 Å². The second-order valence-corrected chi connectivity index (χ2v) is 4.92. The fraction of sp³-hybridized carbons (Fsp3) is 0.200. The quantitative estimate of drug-likeness (QED) is 0.569. The van der Waals surface area contributed by atoms with Gasteiger partial charge in [0.15, 0.2) is 0 Å². The molecule has 2 rings (SSSR count). The van der Waals surface area contributed by atoms with Crippen molar-refractivity contribution in [2.24, 2.45) is 0 Å². The Bertz CT molecular complexity index is 716. The van der Waals surface area contributed by atoms with Gasteiger partial charge in [-0.05, 0) is 43.5 Å². The van der Waals surface area contributed by atoms with E-state index in [2.05, 4.69) is 20.0 Å². The van der Waals surface area contributed by atoms with Crippen LogP contribution in [0.5, 0.6) is 0 Å². The maximum Gasteiger partial charge on any atom is 0 e. The number of carbonyl (C=O) groups is 1. The van der Waals surface area contributed by atoms with Gasteiger partial charge in [0.05, 0.1) is 0 Å². The molecule has 0 saturated carbocycles. The van der Waals surface area contributed by atoms with Gasteiger partial charge in [0.2, 0.25) is 0 Å². The Balaban J connectivity index is -0.000000686. The number of amides is 1. The Morgan fingerprint density at radius 2 is 1.15 bits per heavy atom. The van der Waals surface area contributed by atoms with Crippen LogP contribution in [0.2, 0.25) is 0 Å². The summed E-state index contributed by atoms with van der Waals surface area (Å²) < 4.78 is 22.5. The monoisotopic (exact) mass is 389 g/mol. The summed E-state index contributed by atoms with van der Waals surface area (Å²) in [5.41, 5.74) is 4.99. The van der Waals surface area contributed by atoms with Crippen molar-refractivity contribution in [2.75, 3.05) is 11.9 Å². The third kappa shape index (κ3) is 7.70. The topological polar surface area (TPSA) is 80.0 Å². The van der Waals surface area contributed by atoms with Crippen molar-refractivity contribution in [2.45, 2.75) is 20.8 Å². The summed E-state index contributed by atoms with van der Waals surface area (Å²) >= 11 is 0. The largest absolute Gasteiger partial charge is 0 e. The standard InChI is InChI=1S/C17H19NO.3CO.Cr/c1-12-8-5-6-11-15(12)17(19)18(4)16-13(2)9-7-10-14(16)3;3*1-2;/h5-11H,1-4H3;;;;. The molecule has 0 saturated heterocycles. The summed E-state index contributed by atoms with van der Waals surface area (Å²) in [4.78, 5) is 14.3. The van der Waals surface area contributed by atoms with Crippen LogP contribution >= 0.6 is 0 Å². The van der Waals surface area contributed by atoms with Gasteiger partial charge in [0.1, 0.15) is 0 Å². The van der Waals surface area contributed by atoms with Crippen LogP contribution in [0.25, 0.3) is 0 Å². The first-order chi connectivity index (χ1) is 12.0. The van der Waals surface area contributed by atoms with Crippen LogP contribution in [0.1, 0.15) is 27.0 Å². The van der Waals surface area contributed by atoms with E-state index in [9.17, 15) is 4.79 Å². The first kappa shape index (κ1) is 28.5. The molecule has 1 amide bonds. The van der Waals surface area contributed by atoms with E-state index in [-0.39, 0.29) is 23.3 Å². The van der Waals surface area contributed by atoms with E-state index in [0.717, 1.165) is 27.9 Å². The Morgan fingerprint density at radius 3 is 1.58 bits per heavy atom. The predicted octanol–water partition coefficient (Wildman–Crippen LogP) is 3.77. The SMILES string of the molecule is Cc1ccccc1C(=O)N(C)c1c(C)cccc1C.[C-]#[O+].[C-]#[O+].[C-]#[O+].[Cr]. The van der Waals surface area contributed by atoms with Gasteiger partial charge < -0.3 is 4.90 Å². The molecule has 2 aromatic carbocycles. The number of hydrogen-bond acceptors (Lipinski definition) is 1. The number of aryl methyl sites for hydroxylation is 3. The average Bonchev–Trinajstić information content (AvgIpc) is 2.66. The number of nitrogens with zero attached hydrogens (tertiary/aromatic N) is 1.